The molecule has 0 bridgehead atoms. The lowest BCUT2D eigenvalue weighted by Crippen LogP contribution is -2.33. The van der Waals surface area contributed by atoms with E-state index in [1.54, 1.807) is 18.9 Å². The van der Waals surface area contributed by atoms with Crippen LogP contribution in [0.15, 0.2) is 35.2 Å². The molecule has 1 aliphatic carbocycles. The van der Waals surface area contributed by atoms with Crippen LogP contribution in [0.3, 0.4) is 0 Å². The third-order valence-electron chi connectivity index (χ3n) is 3.13. The normalized spacial score (nSPS) is 29.6. The number of thioether (sulfide) groups is 1. The Bertz CT molecular complexity index is 377. The number of Topliss-reactive ketones (excluding diaryl/α,β-unsaturated/α-hetero) is 1. The van der Waals surface area contributed by atoms with Crippen molar-refractivity contribution in [2.24, 2.45) is 0 Å². The summed E-state index contributed by atoms with van der Waals surface area (Å²) in [6, 6.07) is 10.2. The van der Waals surface area contributed by atoms with Gasteiger partial charge in [0.25, 0.3) is 0 Å². The topological polar surface area (TPSA) is 26.3 Å². The summed E-state index contributed by atoms with van der Waals surface area (Å²) in [6.45, 7) is 2.03. The molecular weight excluding hydrogens is 220 g/mol. The Morgan fingerprint density at radius 1 is 1.38 bits per heavy atom. The van der Waals surface area contributed by atoms with Crippen LogP contribution in [0, 0.1) is 0 Å². The third kappa shape index (κ3) is 2.30. The number of ketones is 1. The SMILES string of the molecule is CO[C@@]1(C)CC(=O)C[C@@H]1Sc1ccccc1. The van der Waals surface area contributed by atoms with Gasteiger partial charge in [-0.15, -0.1) is 11.8 Å². The van der Waals surface area contributed by atoms with Crippen molar-refractivity contribution in [3.63, 3.8) is 0 Å². The minimum Gasteiger partial charge on any atom is -0.377 e. The number of carbonyl (C=O) groups excluding carboxylic acids is 1. The Balaban J connectivity index is 2.12. The molecule has 2 nitrogen and oxygen atoms in total. The molecule has 0 saturated heterocycles. The number of hydrogen-bond acceptors (Lipinski definition) is 3. The average Bonchev–Trinajstić information content (AvgIpc) is 2.56. The van der Waals surface area contributed by atoms with Crippen LogP contribution in [0.25, 0.3) is 0 Å². The van der Waals surface area contributed by atoms with Gasteiger partial charge in [0.05, 0.1) is 5.60 Å². The first kappa shape index (κ1) is 11.7. The highest BCUT2D eigenvalue weighted by Gasteiger charge is 2.44. The van der Waals surface area contributed by atoms with Crippen molar-refractivity contribution in [2.45, 2.75) is 35.5 Å². The van der Waals surface area contributed by atoms with Gasteiger partial charge in [-0.3, -0.25) is 4.79 Å². The molecule has 1 aromatic carbocycles. The largest absolute Gasteiger partial charge is 0.377 e. The number of hydrogen-bond donors (Lipinski definition) is 0. The van der Waals surface area contributed by atoms with Crippen LogP contribution in [0.5, 0.6) is 0 Å². The zero-order valence-electron chi connectivity index (χ0n) is 9.60. The van der Waals surface area contributed by atoms with Crippen molar-refractivity contribution in [2.75, 3.05) is 7.11 Å². The van der Waals surface area contributed by atoms with E-state index in [1.807, 2.05) is 25.1 Å². The number of benzene rings is 1. The Morgan fingerprint density at radius 2 is 2.06 bits per heavy atom. The summed E-state index contributed by atoms with van der Waals surface area (Å²) < 4.78 is 5.51. The molecule has 3 heteroatoms. The summed E-state index contributed by atoms with van der Waals surface area (Å²) in [6.07, 6.45) is 1.15. The Labute approximate surface area is 100 Å². The van der Waals surface area contributed by atoms with Crippen molar-refractivity contribution in [1.82, 2.24) is 0 Å². The number of carbonyl (C=O) groups is 1. The lowest BCUT2D eigenvalue weighted by Gasteiger charge is -2.28. The Kier molecular flexibility index (Phi) is 3.36. The number of ether oxygens (including phenoxy) is 1. The van der Waals surface area contributed by atoms with Crippen molar-refractivity contribution in [3.05, 3.63) is 30.3 Å². The molecule has 1 saturated carbocycles. The smallest absolute Gasteiger partial charge is 0.137 e. The highest BCUT2D eigenvalue weighted by Crippen LogP contribution is 2.41. The quantitative estimate of drug-likeness (QED) is 0.807. The van der Waals surface area contributed by atoms with E-state index >= 15 is 0 Å². The highest BCUT2D eigenvalue weighted by molar-refractivity contribution is 8.00. The van der Waals surface area contributed by atoms with E-state index in [9.17, 15) is 4.79 Å². The molecule has 16 heavy (non-hydrogen) atoms. The van der Waals surface area contributed by atoms with E-state index in [4.69, 9.17) is 4.74 Å². The molecule has 86 valence electrons. The van der Waals surface area contributed by atoms with Gasteiger partial charge in [-0.05, 0) is 19.1 Å². The van der Waals surface area contributed by atoms with Crippen LogP contribution < -0.4 is 0 Å². The fourth-order valence-corrected chi connectivity index (χ4v) is 3.37. The predicted molar refractivity (Wildman–Crippen MR) is 65.7 cm³/mol. The first-order valence-electron chi connectivity index (χ1n) is 5.42. The maximum Gasteiger partial charge on any atom is 0.137 e. The summed E-state index contributed by atoms with van der Waals surface area (Å²) in [5.41, 5.74) is -0.308. The van der Waals surface area contributed by atoms with Gasteiger partial charge in [0.2, 0.25) is 0 Å². The molecule has 0 heterocycles. The molecule has 0 aromatic heterocycles. The van der Waals surface area contributed by atoms with Crippen LogP contribution in [-0.4, -0.2) is 23.7 Å². The lowest BCUT2D eigenvalue weighted by atomic mass is 10.1. The van der Waals surface area contributed by atoms with E-state index in [1.165, 1.54) is 4.90 Å². The summed E-state index contributed by atoms with van der Waals surface area (Å²) >= 11 is 1.74. The van der Waals surface area contributed by atoms with Gasteiger partial charge in [-0.25, -0.2) is 0 Å². The van der Waals surface area contributed by atoms with Gasteiger partial charge in [0, 0.05) is 30.1 Å². The standard InChI is InChI=1S/C13H16O2S/c1-13(15-2)9-10(14)8-12(13)16-11-6-4-3-5-7-11/h3-7,12H,8-9H2,1-2H3/t12-,13-/m0/s1. The summed E-state index contributed by atoms with van der Waals surface area (Å²) in [5.74, 6) is 0.304. The monoisotopic (exact) mass is 236 g/mol. The second kappa shape index (κ2) is 4.60. The summed E-state index contributed by atoms with van der Waals surface area (Å²) in [4.78, 5) is 12.7. The minimum atomic E-state index is -0.308. The zero-order chi connectivity index (χ0) is 11.6. The van der Waals surface area contributed by atoms with Gasteiger partial charge in [0.15, 0.2) is 0 Å². The second-order valence-electron chi connectivity index (χ2n) is 4.36. The van der Waals surface area contributed by atoms with Crippen LogP contribution in [0.1, 0.15) is 19.8 Å². The van der Waals surface area contributed by atoms with Gasteiger partial charge in [-0.1, -0.05) is 18.2 Å². The summed E-state index contributed by atoms with van der Waals surface area (Å²) in [5, 5.41) is 0.229. The summed E-state index contributed by atoms with van der Waals surface area (Å²) in [7, 11) is 1.69. The van der Waals surface area contributed by atoms with Crippen molar-refractivity contribution in [1.29, 1.82) is 0 Å². The van der Waals surface area contributed by atoms with Crippen LogP contribution in [-0.2, 0) is 9.53 Å². The second-order valence-corrected chi connectivity index (χ2v) is 5.63. The Morgan fingerprint density at radius 3 is 2.69 bits per heavy atom. The van der Waals surface area contributed by atoms with Gasteiger partial charge >= 0.3 is 0 Å². The fourth-order valence-electron chi connectivity index (χ4n) is 2.03. The highest BCUT2D eigenvalue weighted by atomic mass is 32.2. The molecular formula is C13H16O2S. The molecule has 0 spiro atoms. The van der Waals surface area contributed by atoms with E-state index in [-0.39, 0.29) is 10.9 Å². The first-order valence-corrected chi connectivity index (χ1v) is 6.30. The molecule has 0 radical (unpaired) electrons. The molecule has 0 amide bonds. The van der Waals surface area contributed by atoms with Crippen molar-refractivity contribution < 1.29 is 9.53 Å². The molecule has 0 aliphatic heterocycles. The minimum absolute atomic E-state index is 0.229. The maximum absolute atomic E-state index is 11.5. The molecule has 2 atom stereocenters. The fraction of sp³-hybridized carbons (Fsp3) is 0.462. The van der Waals surface area contributed by atoms with Crippen LogP contribution in [0.4, 0.5) is 0 Å². The average molecular weight is 236 g/mol. The van der Waals surface area contributed by atoms with Crippen LogP contribution in [0.2, 0.25) is 0 Å². The van der Waals surface area contributed by atoms with Crippen molar-refractivity contribution >= 4 is 17.5 Å². The van der Waals surface area contributed by atoms with E-state index < -0.39 is 0 Å². The molecule has 0 N–H and O–H groups in total. The van der Waals surface area contributed by atoms with Gasteiger partial charge < -0.3 is 4.74 Å². The van der Waals surface area contributed by atoms with E-state index in [0.29, 0.717) is 18.6 Å². The van der Waals surface area contributed by atoms with Crippen LogP contribution >= 0.6 is 11.8 Å². The zero-order valence-corrected chi connectivity index (χ0v) is 10.4. The van der Waals surface area contributed by atoms with Crippen molar-refractivity contribution in [3.8, 4) is 0 Å². The third-order valence-corrected chi connectivity index (χ3v) is 4.62. The molecule has 1 aromatic rings. The Hall–Kier alpha value is -0.800. The van der Waals surface area contributed by atoms with Gasteiger partial charge in [-0.2, -0.15) is 0 Å². The van der Waals surface area contributed by atoms with E-state index in [0.717, 1.165) is 0 Å². The number of methoxy groups -OCH3 is 1. The first-order chi connectivity index (χ1) is 7.64. The maximum atomic E-state index is 11.5. The lowest BCUT2D eigenvalue weighted by molar-refractivity contribution is -0.119. The number of rotatable bonds is 3. The molecule has 1 fully saturated rings. The predicted octanol–water partition coefficient (Wildman–Crippen LogP) is 2.92. The molecule has 2 rings (SSSR count). The van der Waals surface area contributed by atoms with E-state index in [2.05, 4.69) is 12.1 Å². The molecule has 1 aliphatic rings. The van der Waals surface area contributed by atoms with Gasteiger partial charge in [0.1, 0.15) is 5.78 Å². The molecule has 0 unspecified atom stereocenters.